The van der Waals surface area contributed by atoms with Crippen molar-refractivity contribution in [2.24, 2.45) is 0 Å². The lowest BCUT2D eigenvalue weighted by atomic mass is 9.77. The lowest BCUT2D eigenvalue weighted by molar-refractivity contribution is 0.0745. The molecule has 4 rings (SSSR count). The number of hydrogen-bond donors (Lipinski definition) is 4. The summed E-state index contributed by atoms with van der Waals surface area (Å²) in [7, 11) is 1.50. The Labute approximate surface area is 150 Å². The Kier molecular flexibility index (Phi) is 4.36. The van der Waals surface area contributed by atoms with Crippen molar-refractivity contribution in [2.75, 3.05) is 27.2 Å². The van der Waals surface area contributed by atoms with Crippen molar-refractivity contribution in [3.63, 3.8) is 0 Å². The fourth-order valence-corrected chi connectivity index (χ4v) is 4.02. The highest BCUT2D eigenvalue weighted by molar-refractivity contribution is 5.85. The molecule has 1 atom stereocenters. The van der Waals surface area contributed by atoms with Gasteiger partial charge >= 0.3 is 0 Å². The van der Waals surface area contributed by atoms with Crippen LogP contribution in [0.2, 0.25) is 0 Å². The summed E-state index contributed by atoms with van der Waals surface area (Å²) in [5, 5.41) is 32.3. The van der Waals surface area contributed by atoms with Crippen molar-refractivity contribution < 1.29 is 29.5 Å². The smallest absolute Gasteiger partial charge is 0.186 e. The van der Waals surface area contributed by atoms with Gasteiger partial charge < -0.3 is 34.8 Å². The number of phenolic OH excluding ortho intramolecular Hbond substituents is 1. The molecule has 0 bridgehead atoms. The number of aliphatic hydroxyl groups is 2. The van der Waals surface area contributed by atoms with Crippen molar-refractivity contribution >= 4 is 0 Å². The van der Waals surface area contributed by atoms with Crippen LogP contribution in [0.4, 0.5) is 0 Å². The van der Waals surface area contributed by atoms with Gasteiger partial charge in [-0.2, -0.15) is 0 Å². The van der Waals surface area contributed by atoms with Crippen molar-refractivity contribution in [2.45, 2.75) is 18.9 Å². The van der Waals surface area contributed by atoms with Crippen LogP contribution < -0.4 is 19.5 Å². The zero-order chi connectivity index (χ0) is 18.3. The molecule has 26 heavy (non-hydrogen) atoms. The molecule has 0 radical (unpaired) electrons. The van der Waals surface area contributed by atoms with Crippen molar-refractivity contribution in [3.8, 4) is 34.1 Å². The first-order valence-corrected chi connectivity index (χ1v) is 8.48. The minimum Gasteiger partial charge on any atom is -0.504 e. The van der Waals surface area contributed by atoms with Gasteiger partial charge in [-0.25, -0.2) is 0 Å². The number of aliphatic hydroxyl groups excluding tert-OH is 2. The molecule has 2 aromatic carbocycles. The maximum atomic E-state index is 10.2. The van der Waals surface area contributed by atoms with Crippen LogP contribution in [0.15, 0.2) is 18.2 Å². The zero-order valence-electron chi connectivity index (χ0n) is 14.4. The first-order chi connectivity index (χ1) is 12.7. The van der Waals surface area contributed by atoms with Gasteiger partial charge in [0.2, 0.25) is 0 Å². The van der Waals surface area contributed by atoms with E-state index in [0.29, 0.717) is 17.2 Å². The Morgan fingerprint density at radius 3 is 2.62 bits per heavy atom. The highest BCUT2D eigenvalue weighted by Gasteiger charge is 2.34. The van der Waals surface area contributed by atoms with Gasteiger partial charge in [-0.3, -0.25) is 0 Å². The maximum Gasteiger partial charge on any atom is 0.186 e. The molecule has 0 spiro atoms. The van der Waals surface area contributed by atoms with Crippen molar-refractivity contribution in [1.82, 2.24) is 5.32 Å². The SMILES string of the molecule is COc1cc2c(cc1O)C[C@@H]1NCCc3cc(OCO)c(OCO)c-2c31. The second kappa shape index (κ2) is 6.68. The molecular formula is C19H21NO6. The molecule has 2 aromatic rings. The molecule has 1 aliphatic carbocycles. The molecule has 7 heteroatoms. The molecule has 0 saturated heterocycles. The predicted octanol–water partition coefficient (Wildman–Crippen LogP) is 1.47. The van der Waals surface area contributed by atoms with Crippen LogP contribution in [0, 0.1) is 0 Å². The summed E-state index contributed by atoms with van der Waals surface area (Å²) in [6, 6.07) is 5.43. The van der Waals surface area contributed by atoms with E-state index in [0.717, 1.165) is 47.2 Å². The highest BCUT2D eigenvalue weighted by Crippen LogP contribution is 2.52. The average Bonchev–Trinajstić information content (AvgIpc) is 2.64. The van der Waals surface area contributed by atoms with E-state index in [4.69, 9.17) is 14.2 Å². The topological polar surface area (TPSA) is 100 Å². The largest absolute Gasteiger partial charge is 0.504 e. The monoisotopic (exact) mass is 359 g/mol. The van der Waals surface area contributed by atoms with Crippen LogP contribution in [-0.2, 0) is 12.8 Å². The summed E-state index contributed by atoms with van der Waals surface area (Å²) in [6.07, 6.45) is 1.55. The number of hydrogen-bond acceptors (Lipinski definition) is 7. The fourth-order valence-electron chi connectivity index (χ4n) is 4.02. The van der Waals surface area contributed by atoms with E-state index >= 15 is 0 Å². The Morgan fingerprint density at radius 2 is 1.88 bits per heavy atom. The van der Waals surface area contributed by atoms with Gasteiger partial charge in [-0.1, -0.05) is 0 Å². The quantitative estimate of drug-likeness (QED) is 0.600. The highest BCUT2D eigenvalue weighted by atomic mass is 16.6. The van der Waals surface area contributed by atoms with E-state index in [-0.39, 0.29) is 11.8 Å². The number of phenols is 1. The van der Waals surface area contributed by atoms with Crippen molar-refractivity contribution in [1.29, 1.82) is 0 Å². The van der Waals surface area contributed by atoms with Crippen LogP contribution in [0.25, 0.3) is 11.1 Å². The summed E-state index contributed by atoms with van der Waals surface area (Å²) in [4.78, 5) is 0. The molecule has 0 amide bonds. The number of aromatic hydroxyl groups is 1. The zero-order valence-corrected chi connectivity index (χ0v) is 14.4. The van der Waals surface area contributed by atoms with E-state index in [1.165, 1.54) is 7.11 Å². The molecule has 2 aliphatic rings. The second-order valence-electron chi connectivity index (χ2n) is 6.34. The first-order valence-electron chi connectivity index (χ1n) is 8.48. The Balaban J connectivity index is 2.03. The molecule has 0 unspecified atom stereocenters. The van der Waals surface area contributed by atoms with E-state index < -0.39 is 13.6 Å². The molecule has 0 aromatic heterocycles. The normalized spacial score (nSPS) is 17.3. The summed E-state index contributed by atoms with van der Waals surface area (Å²) < 4.78 is 16.2. The van der Waals surface area contributed by atoms with Gasteiger partial charge in [-0.05, 0) is 59.8 Å². The van der Waals surface area contributed by atoms with Crippen LogP contribution in [0.1, 0.15) is 22.7 Å². The van der Waals surface area contributed by atoms with Gasteiger partial charge in [0.25, 0.3) is 0 Å². The van der Waals surface area contributed by atoms with E-state index in [1.54, 1.807) is 12.1 Å². The van der Waals surface area contributed by atoms with E-state index in [9.17, 15) is 15.3 Å². The van der Waals surface area contributed by atoms with Crippen LogP contribution in [0.3, 0.4) is 0 Å². The third-order valence-corrected chi connectivity index (χ3v) is 5.03. The molecule has 0 saturated carbocycles. The maximum absolute atomic E-state index is 10.2. The van der Waals surface area contributed by atoms with Crippen molar-refractivity contribution in [3.05, 3.63) is 34.9 Å². The number of ether oxygens (including phenoxy) is 3. The van der Waals surface area contributed by atoms with Gasteiger partial charge in [0, 0.05) is 11.6 Å². The number of fused-ring (bicyclic) bond motifs is 2. The third-order valence-electron chi connectivity index (χ3n) is 5.03. The summed E-state index contributed by atoms with van der Waals surface area (Å²) in [6.45, 7) is -0.184. The summed E-state index contributed by atoms with van der Waals surface area (Å²) in [5.41, 5.74) is 4.84. The second-order valence-corrected chi connectivity index (χ2v) is 6.34. The molecule has 1 aliphatic heterocycles. The predicted molar refractivity (Wildman–Crippen MR) is 93.7 cm³/mol. The Bertz CT molecular complexity index is 851. The number of methoxy groups -OCH3 is 1. The molecule has 1 heterocycles. The van der Waals surface area contributed by atoms with Gasteiger partial charge in [0.15, 0.2) is 36.6 Å². The molecule has 4 N–H and O–H groups in total. The van der Waals surface area contributed by atoms with E-state index in [2.05, 4.69) is 5.32 Å². The average molecular weight is 359 g/mol. The lowest BCUT2D eigenvalue weighted by Gasteiger charge is -2.36. The first kappa shape index (κ1) is 17.0. The minimum atomic E-state index is -0.518. The molecule has 138 valence electrons. The molecular weight excluding hydrogens is 338 g/mol. The summed E-state index contributed by atoms with van der Waals surface area (Å²) >= 11 is 0. The van der Waals surface area contributed by atoms with Crippen LogP contribution in [-0.4, -0.2) is 42.6 Å². The van der Waals surface area contributed by atoms with E-state index in [1.807, 2.05) is 6.07 Å². The van der Waals surface area contributed by atoms with Gasteiger partial charge in [0.05, 0.1) is 7.11 Å². The molecule has 0 fully saturated rings. The number of benzene rings is 2. The Morgan fingerprint density at radius 1 is 1.08 bits per heavy atom. The third kappa shape index (κ3) is 2.56. The minimum absolute atomic E-state index is 0.0816. The Hall–Kier alpha value is -2.48. The van der Waals surface area contributed by atoms with Crippen LogP contribution >= 0.6 is 0 Å². The number of nitrogens with one attached hydrogen (secondary N) is 1. The number of rotatable bonds is 5. The molecule has 7 nitrogen and oxygen atoms in total. The fraction of sp³-hybridized carbons (Fsp3) is 0.368. The summed E-state index contributed by atoms with van der Waals surface area (Å²) in [5.74, 6) is 1.21. The standard InChI is InChI=1S/C19H21NO6/c1-24-15-7-12-11(5-14(15)23)4-13-17-10(2-3-20-13)6-16(25-8-21)19(18(12)17)26-9-22/h5-7,13,20-23H,2-4,8-9H2,1H3/t13-/m0/s1. The van der Waals surface area contributed by atoms with Crippen LogP contribution in [0.5, 0.6) is 23.0 Å². The van der Waals surface area contributed by atoms with Gasteiger partial charge in [-0.15, -0.1) is 0 Å². The lowest BCUT2D eigenvalue weighted by Crippen LogP contribution is -2.34. The van der Waals surface area contributed by atoms with Gasteiger partial charge in [0.1, 0.15) is 0 Å².